The predicted molar refractivity (Wildman–Crippen MR) is 105 cm³/mol. The highest BCUT2D eigenvalue weighted by Gasteiger charge is 2.20. The summed E-state index contributed by atoms with van der Waals surface area (Å²) >= 11 is 1.17. The maximum Gasteiger partial charge on any atom is 0.257 e. The maximum atomic E-state index is 12.4. The van der Waals surface area contributed by atoms with Gasteiger partial charge >= 0.3 is 0 Å². The minimum atomic E-state index is -0.148. The van der Waals surface area contributed by atoms with Crippen molar-refractivity contribution in [1.29, 1.82) is 0 Å². The second kappa shape index (κ2) is 8.41. The number of hydrogen-bond donors (Lipinski definition) is 1. The summed E-state index contributed by atoms with van der Waals surface area (Å²) in [5.74, 6) is 0.488. The van der Waals surface area contributed by atoms with E-state index in [2.05, 4.69) is 35.2 Å². The van der Waals surface area contributed by atoms with Crippen molar-refractivity contribution < 1.29 is 4.79 Å². The molecule has 8 heteroatoms. The molecule has 0 saturated carbocycles. The van der Waals surface area contributed by atoms with Gasteiger partial charge in [-0.2, -0.15) is 4.37 Å². The molecule has 4 rings (SSSR count). The van der Waals surface area contributed by atoms with Crippen molar-refractivity contribution in [2.75, 3.05) is 18.4 Å². The molecule has 27 heavy (non-hydrogen) atoms. The molecule has 1 saturated heterocycles. The smallest absolute Gasteiger partial charge is 0.257 e. The first-order valence-electron chi connectivity index (χ1n) is 9.11. The summed E-state index contributed by atoms with van der Waals surface area (Å²) in [5.41, 5.74) is 1.80. The molecule has 0 spiro atoms. The molecule has 1 aliphatic heterocycles. The van der Waals surface area contributed by atoms with Crippen LogP contribution in [0.1, 0.15) is 28.8 Å². The third-order valence-corrected chi connectivity index (χ3v) is 5.39. The predicted octanol–water partition coefficient (Wildman–Crippen LogP) is 2.90. The summed E-state index contributed by atoms with van der Waals surface area (Å²) in [6, 6.07) is 7.83. The lowest BCUT2D eigenvalue weighted by Gasteiger charge is -2.33. The molecule has 3 aromatic rings. The van der Waals surface area contributed by atoms with Crippen LogP contribution in [0.4, 0.5) is 5.13 Å². The number of piperidine rings is 1. The standard InChI is InChI=1S/C19H22N6OS/c26-18(23-19-21-13-22-27-19)17-5-1-3-15(9-17)10-24-7-2-4-16(11-24)12-25-8-6-20-14-25/h1,3,5-6,8-9,13-14,16H,2,4,7,10-12H2,(H,21,22,23,26). The Hall–Kier alpha value is -2.58. The monoisotopic (exact) mass is 382 g/mol. The van der Waals surface area contributed by atoms with Crippen LogP contribution in [0.2, 0.25) is 0 Å². The topological polar surface area (TPSA) is 75.9 Å². The summed E-state index contributed by atoms with van der Waals surface area (Å²) in [5, 5.41) is 3.30. The highest BCUT2D eigenvalue weighted by atomic mass is 32.1. The molecule has 1 atom stereocenters. The van der Waals surface area contributed by atoms with Crippen LogP contribution in [0.15, 0.2) is 49.3 Å². The number of likely N-dealkylation sites (tertiary alicyclic amines) is 1. The summed E-state index contributed by atoms with van der Waals surface area (Å²) in [6.07, 6.45) is 9.64. The van der Waals surface area contributed by atoms with E-state index in [0.717, 1.165) is 31.7 Å². The van der Waals surface area contributed by atoms with Gasteiger partial charge in [0.1, 0.15) is 6.33 Å². The molecule has 1 N–H and O–H groups in total. The summed E-state index contributed by atoms with van der Waals surface area (Å²) < 4.78 is 6.06. The summed E-state index contributed by atoms with van der Waals surface area (Å²) in [4.78, 5) is 23.0. The van der Waals surface area contributed by atoms with E-state index in [1.807, 2.05) is 36.9 Å². The zero-order valence-corrected chi connectivity index (χ0v) is 15.8. The third kappa shape index (κ3) is 4.78. The van der Waals surface area contributed by atoms with Gasteiger partial charge in [-0.3, -0.25) is 15.0 Å². The van der Waals surface area contributed by atoms with Crippen molar-refractivity contribution in [3.63, 3.8) is 0 Å². The molecule has 2 aromatic heterocycles. The lowest BCUT2D eigenvalue weighted by molar-refractivity contribution is 0.102. The number of rotatable bonds is 6. The van der Waals surface area contributed by atoms with Crippen LogP contribution in [0, 0.1) is 5.92 Å². The van der Waals surface area contributed by atoms with E-state index in [0.29, 0.717) is 16.6 Å². The molecule has 1 amide bonds. The second-order valence-electron chi connectivity index (χ2n) is 6.90. The van der Waals surface area contributed by atoms with E-state index in [9.17, 15) is 4.79 Å². The summed E-state index contributed by atoms with van der Waals surface area (Å²) in [6.45, 7) is 4.04. The highest BCUT2D eigenvalue weighted by Crippen LogP contribution is 2.21. The number of nitrogens with zero attached hydrogens (tertiary/aromatic N) is 5. The molecule has 140 valence electrons. The Morgan fingerprint density at radius 1 is 1.37 bits per heavy atom. The van der Waals surface area contributed by atoms with Gasteiger partial charge in [-0.15, -0.1) is 0 Å². The third-order valence-electron chi connectivity index (χ3n) is 4.81. The first-order chi connectivity index (χ1) is 13.3. The van der Waals surface area contributed by atoms with Crippen LogP contribution < -0.4 is 5.32 Å². The molecular weight excluding hydrogens is 360 g/mol. The highest BCUT2D eigenvalue weighted by molar-refractivity contribution is 7.09. The zero-order valence-electron chi connectivity index (χ0n) is 15.0. The molecule has 1 aromatic carbocycles. The van der Waals surface area contributed by atoms with Crippen molar-refractivity contribution in [3.05, 3.63) is 60.4 Å². The fraction of sp³-hybridized carbons (Fsp3) is 0.368. The van der Waals surface area contributed by atoms with Gasteiger partial charge in [-0.05, 0) is 43.0 Å². The SMILES string of the molecule is O=C(Nc1ncns1)c1cccc(CN2CCCC(Cn3ccnc3)C2)c1. The molecule has 0 aliphatic carbocycles. The maximum absolute atomic E-state index is 12.4. The molecule has 1 fully saturated rings. The van der Waals surface area contributed by atoms with Gasteiger partial charge in [0.2, 0.25) is 5.13 Å². The van der Waals surface area contributed by atoms with E-state index in [-0.39, 0.29) is 5.91 Å². The van der Waals surface area contributed by atoms with Gasteiger partial charge in [0.05, 0.1) is 6.33 Å². The number of amides is 1. The van der Waals surface area contributed by atoms with Crippen molar-refractivity contribution in [3.8, 4) is 0 Å². The Kier molecular flexibility index (Phi) is 5.55. The fourth-order valence-corrected chi connectivity index (χ4v) is 4.03. The fourth-order valence-electron chi connectivity index (χ4n) is 3.60. The Morgan fingerprint density at radius 3 is 3.15 bits per heavy atom. The molecular formula is C19H22N6OS. The number of anilines is 1. The number of carbonyl (C=O) groups is 1. The van der Waals surface area contributed by atoms with E-state index in [1.165, 1.54) is 30.7 Å². The number of hydrogen-bond acceptors (Lipinski definition) is 6. The van der Waals surface area contributed by atoms with Gasteiger partial charge in [0.15, 0.2) is 0 Å². The van der Waals surface area contributed by atoms with E-state index < -0.39 is 0 Å². The molecule has 0 radical (unpaired) electrons. The lowest BCUT2D eigenvalue weighted by atomic mass is 9.97. The lowest BCUT2D eigenvalue weighted by Crippen LogP contribution is -2.36. The quantitative estimate of drug-likeness (QED) is 0.709. The normalized spacial score (nSPS) is 17.7. The zero-order chi connectivity index (χ0) is 18.5. The number of benzene rings is 1. The Bertz CT molecular complexity index is 864. The molecule has 7 nitrogen and oxygen atoms in total. The Morgan fingerprint density at radius 2 is 2.33 bits per heavy atom. The second-order valence-corrected chi connectivity index (χ2v) is 7.68. The van der Waals surface area contributed by atoms with Gasteiger partial charge in [0, 0.05) is 49.1 Å². The van der Waals surface area contributed by atoms with Crippen LogP contribution in [0.5, 0.6) is 0 Å². The van der Waals surface area contributed by atoms with Crippen LogP contribution in [-0.4, -0.2) is 42.8 Å². The van der Waals surface area contributed by atoms with Gasteiger partial charge in [-0.1, -0.05) is 12.1 Å². The van der Waals surface area contributed by atoms with Crippen molar-refractivity contribution in [1.82, 2.24) is 23.8 Å². The number of nitrogens with one attached hydrogen (secondary N) is 1. The first-order valence-corrected chi connectivity index (χ1v) is 9.88. The molecule has 1 aliphatic rings. The minimum absolute atomic E-state index is 0.148. The van der Waals surface area contributed by atoms with Gasteiger partial charge in [-0.25, -0.2) is 9.97 Å². The Balaban J connectivity index is 1.36. The average Bonchev–Trinajstić information content (AvgIpc) is 3.36. The minimum Gasteiger partial charge on any atom is -0.337 e. The van der Waals surface area contributed by atoms with Crippen LogP contribution in [0.25, 0.3) is 0 Å². The van der Waals surface area contributed by atoms with E-state index >= 15 is 0 Å². The molecule has 1 unspecified atom stereocenters. The van der Waals surface area contributed by atoms with Crippen LogP contribution in [-0.2, 0) is 13.1 Å². The van der Waals surface area contributed by atoms with Gasteiger partial charge < -0.3 is 4.57 Å². The van der Waals surface area contributed by atoms with Crippen molar-refractivity contribution >= 4 is 22.6 Å². The molecule has 0 bridgehead atoms. The largest absolute Gasteiger partial charge is 0.337 e. The van der Waals surface area contributed by atoms with Gasteiger partial charge in [0.25, 0.3) is 5.91 Å². The number of aromatic nitrogens is 4. The van der Waals surface area contributed by atoms with E-state index in [1.54, 1.807) is 0 Å². The van der Waals surface area contributed by atoms with Crippen LogP contribution >= 0.6 is 11.5 Å². The van der Waals surface area contributed by atoms with Crippen molar-refractivity contribution in [2.24, 2.45) is 5.92 Å². The average molecular weight is 382 g/mol. The summed E-state index contributed by atoms with van der Waals surface area (Å²) in [7, 11) is 0. The number of carbonyl (C=O) groups excluding carboxylic acids is 1. The van der Waals surface area contributed by atoms with Crippen LogP contribution in [0.3, 0.4) is 0 Å². The Labute approximate surface area is 162 Å². The first kappa shape index (κ1) is 17.8. The number of imidazole rings is 1. The van der Waals surface area contributed by atoms with E-state index in [4.69, 9.17) is 0 Å². The molecule has 3 heterocycles. The van der Waals surface area contributed by atoms with Crippen molar-refractivity contribution in [2.45, 2.75) is 25.9 Å².